The fourth-order valence-corrected chi connectivity index (χ4v) is 1.91. The lowest BCUT2D eigenvalue weighted by molar-refractivity contribution is 0.269. The highest BCUT2D eigenvalue weighted by Gasteiger charge is 2.17. The molecule has 0 saturated heterocycles. The maximum absolute atomic E-state index is 5.93. The fourth-order valence-electron chi connectivity index (χ4n) is 1.39. The minimum absolute atomic E-state index is 0.156. The van der Waals surface area contributed by atoms with Crippen LogP contribution in [0.1, 0.15) is 18.0 Å². The van der Waals surface area contributed by atoms with Crippen LogP contribution in [0, 0.1) is 3.57 Å². The van der Waals surface area contributed by atoms with Gasteiger partial charge in [0, 0.05) is 21.6 Å². The number of ether oxygens (including phenoxy) is 1. The summed E-state index contributed by atoms with van der Waals surface area (Å²) in [6.07, 6.45) is 0.924. The topological polar surface area (TPSA) is 35.2 Å². The SMILES string of the molecule is NC1CCOc2ccc(I)cc21. The van der Waals surface area contributed by atoms with Crippen LogP contribution in [-0.4, -0.2) is 6.61 Å². The van der Waals surface area contributed by atoms with Crippen molar-refractivity contribution in [2.24, 2.45) is 5.73 Å². The van der Waals surface area contributed by atoms with E-state index in [0.717, 1.165) is 24.3 Å². The lowest BCUT2D eigenvalue weighted by atomic mass is 10.0. The molecule has 0 radical (unpaired) electrons. The summed E-state index contributed by atoms with van der Waals surface area (Å²) in [5, 5.41) is 0. The van der Waals surface area contributed by atoms with Crippen LogP contribution in [0.3, 0.4) is 0 Å². The van der Waals surface area contributed by atoms with Gasteiger partial charge in [-0.25, -0.2) is 0 Å². The summed E-state index contributed by atoms with van der Waals surface area (Å²) in [7, 11) is 0. The van der Waals surface area contributed by atoms with Crippen LogP contribution >= 0.6 is 22.6 Å². The molecule has 2 nitrogen and oxygen atoms in total. The molecule has 3 heteroatoms. The molecule has 0 spiro atoms. The van der Waals surface area contributed by atoms with E-state index >= 15 is 0 Å². The third kappa shape index (κ3) is 1.43. The van der Waals surface area contributed by atoms with Gasteiger partial charge in [-0.05, 0) is 40.8 Å². The van der Waals surface area contributed by atoms with Gasteiger partial charge in [-0.2, -0.15) is 0 Å². The molecule has 1 aromatic rings. The molecule has 12 heavy (non-hydrogen) atoms. The second kappa shape index (κ2) is 3.22. The average molecular weight is 275 g/mol. The highest BCUT2D eigenvalue weighted by atomic mass is 127. The Morgan fingerprint density at radius 3 is 3.17 bits per heavy atom. The van der Waals surface area contributed by atoms with Crippen molar-refractivity contribution in [2.75, 3.05) is 6.61 Å². The largest absolute Gasteiger partial charge is 0.493 e. The van der Waals surface area contributed by atoms with Crippen LogP contribution in [0.25, 0.3) is 0 Å². The van der Waals surface area contributed by atoms with E-state index in [1.54, 1.807) is 0 Å². The van der Waals surface area contributed by atoms with Crippen molar-refractivity contribution in [1.82, 2.24) is 0 Å². The molecule has 0 fully saturated rings. The quantitative estimate of drug-likeness (QED) is 0.736. The molecular formula is C9H10INO. The Labute approximate surface area is 85.2 Å². The molecule has 2 N–H and O–H groups in total. The van der Waals surface area contributed by atoms with Gasteiger partial charge < -0.3 is 10.5 Å². The third-order valence-electron chi connectivity index (χ3n) is 2.06. The molecule has 0 amide bonds. The van der Waals surface area contributed by atoms with Gasteiger partial charge in [-0.1, -0.05) is 0 Å². The van der Waals surface area contributed by atoms with E-state index in [0.29, 0.717) is 0 Å². The molecule has 1 aliphatic rings. The van der Waals surface area contributed by atoms with Gasteiger partial charge >= 0.3 is 0 Å². The second-order valence-corrected chi connectivity index (χ2v) is 4.17. The maximum Gasteiger partial charge on any atom is 0.124 e. The summed E-state index contributed by atoms with van der Waals surface area (Å²) in [5.41, 5.74) is 7.08. The molecule has 1 aromatic carbocycles. The first-order valence-electron chi connectivity index (χ1n) is 3.95. The van der Waals surface area contributed by atoms with Crippen molar-refractivity contribution < 1.29 is 4.74 Å². The summed E-state index contributed by atoms with van der Waals surface area (Å²) in [5.74, 6) is 0.953. The van der Waals surface area contributed by atoms with Gasteiger partial charge in [0.1, 0.15) is 5.75 Å². The van der Waals surface area contributed by atoms with Gasteiger partial charge in [-0.15, -0.1) is 0 Å². The third-order valence-corrected chi connectivity index (χ3v) is 2.73. The molecule has 0 aliphatic carbocycles. The average Bonchev–Trinajstić information content (AvgIpc) is 2.07. The molecule has 0 saturated carbocycles. The normalized spacial score (nSPS) is 21.3. The Bertz CT molecular complexity index is 301. The number of halogens is 1. The van der Waals surface area contributed by atoms with Gasteiger partial charge in [0.15, 0.2) is 0 Å². The van der Waals surface area contributed by atoms with Crippen molar-refractivity contribution >= 4 is 22.6 Å². The maximum atomic E-state index is 5.93. The van der Waals surface area contributed by atoms with Crippen LogP contribution in [-0.2, 0) is 0 Å². The van der Waals surface area contributed by atoms with Crippen LogP contribution in [0.2, 0.25) is 0 Å². The van der Waals surface area contributed by atoms with E-state index in [9.17, 15) is 0 Å². The highest BCUT2D eigenvalue weighted by molar-refractivity contribution is 14.1. The molecule has 1 atom stereocenters. The van der Waals surface area contributed by atoms with Gasteiger partial charge in [-0.3, -0.25) is 0 Å². The number of nitrogens with two attached hydrogens (primary N) is 1. The van der Waals surface area contributed by atoms with E-state index in [2.05, 4.69) is 28.7 Å². The second-order valence-electron chi connectivity index (χ2n) is 2.93. The minimum Gasteiger partial charge on any atom is -0.493 e. The summed E-state index contributed by atoms with van der Waals surface area (Å²) in [6, 6.07) is 6.29. The van der Waals surface area contributed by atoms with Crippen LogP contribution < -0.4 is 10.5 Å². The predicted octanol–water partition coefficient (Wildman–Crippen LogP) is 2.07. The van der Waals surface area contributed by atoms with Crippen LogP contribution in [0.4, 0.5) is 0 Å². The first-order chi connectivity index (χ1) is 5.77. The number of benzene rings is 1. The first kappa shape index (κ1) is 8.31. The van der Waals surface area contributed by atoms with E-state index in [1.165, 1.54) is 3.57 Å². The Morgan fingerprint density at radius 2 is 2.33 bits per heavy atom. The summed E-state index contributed by atoms with van der Waals surface area (Å²) in [4.78, 5) is 0. The molecule has 2 rings (SSSR count). The van der Waals surface area contributed by atoms with Gasteiger partial charge in [0.2, 0.25) is 0 Å². The summed E-state index contributed by atoms with van der Waals surface area (Å²) < 4.78 is 6.68. The van der Waals surface area contributed by atoms with E-state index < -0.39 is 0 Å². The number of hydrogen-bond acceptors (Lipinski definition) is 2. The smallest absolute Gasteiger partial charge is 0.124 e. The van der Waals surface area contributed by atoms with E-state index in [1.807, 2.05) is 12.1 Å². The number of hydrogen-bond donors (Lipinski definition) is 1. The van der Waals surface area contributed by atoms with Crippen LogP contribution in [0.15, 0.2) is 18.2 Å². The summed E-state index contributed by atoms with van der Waals surface area (Å²) in [6.45, 7) is 0.745. The first-order valence-corrected chi connectivity index (χ1v) is 5.03. The number of rotatable bonds is 0. The zero-order chi connectivity index (χ0) is 8.55. The van der Waals surface area contributed by atoms with Gasteiger partial charge in [0.25, 0.3) is 0 Å². The van der Waals surface area contributed by atoms with Crippen molar-refractivity contribution in [2.45, 2.75) is 12.5 Å². The standard InChI is InChI=1S/C9H10INO/c10-6-1-2-9-7(5-6)8(11)3-4-12-9/h1-2,5,8H,3-4,11H2. The molecule has 1 aliphatic heterocycles. The molecular weight excluding hydrogens is 265 g/mol. The zero-order valence-electron chi connectivity index (χ0n) is 6.59. The minimum atomic E-state index is 0.156. The molecule has 1 unspecified atom stereocenters. The molecule has 1 heterocycles. The van der Waals surface area contributed by atoms with Crippen molar-refractivity contribution in [1.29, 1.82) is 0 Å². The molecule has 64 valence electrons. The Kier molecular flexibility index (Phi) is 2.23. The summed E-state index contributed by atoms with van der Waals surface area (Å²) >= 11 is 2.28. The van der Waals surface area contributed by atoms with Crippen LogP contribution in [0.5, 0.6) is 5.75 Å². The van der Waals surface area contributed by atoms with E-state index in [4.69, 9.17) is 10.5 Å². The van der Waals surface area contributed by atoms with Crippen molar-refractivity contribution in [3.8, 4) is 5.75 Å². The lowest BCUT2D eigenvalue weighted by Gasteiger charge is -2.22. The lowest BCUT2D eigenvalue weighted by Crippen LogP contribution is -2.20. The fraction of sp³-hybridized carbons (Fsp3) is 0.333. The van der Waals surface area contributed by atoms with E-state index in [-0.39, 0.29) is 6.04 Å². The Morgan fingerprint density at radius 1 is 1.50 bits per heavy atom. The molecule has 0 aromatic heterocycles. The Hall–Kier alpha value is -0.290. The molecule has 0 bridgehead atoms. The predicted molar refractivity (Wildman–Crippen MR) is 56.2 cm³/mol. The van der Waals surface area contributed by atoms with Gasteiger partial charge in [0.05, 0.1) is 6.61 Å². The van der Waals surface area contributed by atoms with Crippen molar-refractivity contribution in [3.63, 3.8) is 0 Å². The number of fused-ring (bicyclic) bond motifs is 1. The zero-order valence-corrected chi connectivity index (χ0v) is 8.74. The monoisotopic (exact) mass is 275 g/mol. The highest BCUT2D eigenvalue weighted by Crippen LogP contribution is 2.31. The Balaban J connectivity index is 2.47. The van der Waals surface area contributed by atoms with Crippen molar-refractivity contribution in [3.05, 3.63) is 27.3 Å².